The van der Waals surface area contributed by atoms with Crippen LogP contribution in [0.15, 0.2) is 47.1 Å². The van der Waals surface area contributed by atoms with Crippen molar-refractivity contribution in [3.05, 3.63) is 52.6 Å². The van der Waals surface area contributed by atoms with Gasteiger partial charge in [0.1, 0.15) is 5.82 Å². The molecule has 96 valence electrons. The summed E-state index contributed by atoms with van der Waals surface area (Å²) >= 11 is 3.58. The summed E-state index contributed by atoms with van der Waals surface area (Å²) in [5.74, 6) is 0.849. The van der Waals surface area contributed by atoms with Gasteiger partial charge in [-0.15, -0.1) is 0 Å². The van der Waals surface area contributed by atoms with Gasteiger partial charge >= 0.3 is 0 Å². The van der Waals surface area contributed by atoms with Crippen LogP contribution in [0.4, 0.5) is 11.5 Å². The van der Waals surface area contributed by atoms with Crippen molar-refractivity contribution in [3.63, 3.8) is 0 Å². The third-order valence-electron chi connectivity index (χ3n) is 2.83. The Morgan fingerprint density at radius 3 is 2.68 bits per heavy atom. The van der Waals surface area contributed by atoms with Crippen LogP contribution in [-0.4, -0.2) is 11.5 Å². The molecule has 2 aromatic rings. The Bertz CT molecular complexity index is 590. The van der Waals surface area contributed by atoms with Gasteiger partial charge in [-0.05, 0) is 46.6 Å². The van der Waals surface area contributed by atoms with Crippen LogP contribution in [0.1, 0.15) is 12.0 Å². The first-order valence-electron chi connectivity index (χ1n) is 6.04. The highest BCUT2D eigenvalue weighted by atomic mass is 79.9. The molecule has 0 bridgehead atoms. The summed E-state index contributed by atoms with van der Waals surface area (Å²) in [7, 11) is 0. The summed E-state index contributed by atoms with van der Waals surface area (Å²) in [6.45, 7) is 2.65. The fourth-order valence-corrected chi connectivity index (χ4v) is 2.29. The molecule has 0 saturated carbocycles. The molecule has 0 atom stereocenters. The van der Waals surface area contributed by atoms with Crippen molar-refractivity contribution in [1.82, 2.24) is 4.98 Å². The number of nitriles is 1. The molecule has 0 N–H and O–H groups in total. The standard InChI is InChI=1S/C15H14BrN3/c1-12-8-10-18-15(14(12)16)19(11-5-9-17)13-6-3-2-4-7-13/h2-4,6-8,10H,5,11H2,1H3. The molecule has 0 aliphatic carbocycles. The molecular formula is C15H14BrN3. The van der Waals surface area contributed by atoms with E-state index in [1.165, 1.54) is 0 Å². The van der Waals surface area contributed by atoms with Crippen molar-refractivity contribution < 1.29 is 0 Å². The molecule has 1 aromatic carbocycles. The molecule has 0 amide bonds. The Morgan fingerprint density at radius 1 is 1.26 bits per heavy atom. The summed E-state index contributed by atoms with van der Waals surface area (Å²) in [5, 5.41) is 8.82. The monoisotopic (exact) mass is 315 g/mol. The van der Waals surface area contributed by atoms with Gasteiger partial charge in [-0.2, -0.15) is 5.26 Å². The Balaban J connectivity index is 2.44. The number of pyridine rings is 1. The summed E-state index contributed by atoms with van der Waals surface area (Å²) < 4.78 is 0.969. The normalized spacial score (nSPS) is 9.95. The third-order valence-corrected chi connectivity index (χ3v) is 3.81. The lowest BCUT2D eigenvalue weighted by molar-refractivity contribution is 0.921. The molecule has 3 nitrogen and oxygen atoms in total. The quantitative estimate of drug-likeness (QED) is 0.848. The molecule has 2 rings (SSSR count). The Hall–Kier alpha value is -1.86. The minimum absolute atomic E-state index is 0.455. The average molecular weight is 316 g/mol. The van der Waals surface area contributed by atoms with E-state index >= 15 is 0 Å². The maximum atomic E-state index is 8.82. The molecule has 0 aliphatic rings. The van der Waals surface area contributed by atoms with Crippen molar-refractivity contribution in [2.75, 3.05) is 11.4 Å². The molecule has 0 unspecified atom stereocenters. The van der Waals surface area contributed by atoms with Gasteiger partial charge in [-0.25, -0.2) is 4.98 Å². The van der Waals surface area contributed by atoms with E-state index in [2.05, 4.69) is 31.9 Å². The zero-order valence-electron chi connectivity index (χ0n) is 10.7. The number of nitrogens with zero attached hydrogens (tertiary/aromatic N) is 3. The lowest BCUT2D eigenvalue weighted by Gasteiger charge is -2.24. The van der Waals surface area contributed by atoms with Crippen molar-refractivity contribution in [1.29, 1.82) is 5.26 Å². The van der Waals surface area contributed by atoms with E-state index in [-0.39, 0.29) is 0 Å². The van der Waals surface area contributed by atoms with Crippen molar-refractivity contribution in [2.45, 2.75) is 13.3 Å². The fraction of sp³-hybridized carbons (Fsp3) is 0.200. The van der Waals surface area contributed by atoms with Gasteiger partial charge in [0.05, 0.1) is 17.0 Å². The van der Waals surface area contributed by atoms with Crippen LogP contribution in [0, 0.1) is 18.3 Å². The van der Waals surface area contributed by atoms with Crippen LogP contribution < -0.4 is 4.90 Å². The van der Waals surface area contributed by atoms with Crippen molar-refractivity contribution >= 4 is 27.4 Å². The molecule has 0 radical (unpaired) electrons. The second-order valence-electron chi connectivity index (χ2n) is 4.16. The highest BCUT2D eigenvalue weighted by Crippen LogP contribution is 2.32. The third kappa shape index (κ3) is 3.12. The van der Waals surface area contributed by atoms with E-state index < -0.39 is 0 Å². The van der Waals surface area contributed by atoms with E-state index in [1.807, 2.05) is 43.3 Å². The van der Waals surface area contributed by atoms with Gasteiger partial charge < -0.3 is 4.90 Å². The van der Waals surface area contributed by atoms with Gasteiger partial charge in [0, 0.05) is 18.4 Å². The molecule has 19 heavy (non-hydrogen) atoms. The van der Waals surface area contributed by atoms with E-state index in [9.17, 15) is 0 Å². The molecule has 0 spiro atoms. The van der Waals surface area contributed by atoms with Crippen molar-refractivity contribution in [3.8, 4) is 6.07 Å². The van der Waals surface area contributed by atoms with Crippen LogP contribution in [0.25, 0.3) is 0 Å². The fourth-order valence-electron chi connectivity index (χ4n) is 1.84. The topological polar surface area (TPSA) is 39.9 Å². The molecule has 0 fully saturated rings. The molecule has 1 aromatic heterocycles. The molecular weight excluding hydrogens is 302 g/mol. The second-order valence-corrected chi connectivity index (χ2v) is 4.95. The van der Waals surface area contributed by atoms with Crippen LogP contribution in [0.5, 0.6) is 0 Å². The Labute approximate surface area is 121 Å². The predicted octanol–water partition coefficient (Wildman–Crippen LogP) is 4.20. The van der Waals surface area contributed by atoms with Gasteiger partial charge in [0.15, 0.2) is 0 Å². The predicted molar refractivity (Wildman–Crippen MR) is 80.4 cm³/mol. The van der Waals surface area contributed by atoms with E-state index in [0.29, 0.717) is 13.0 Å². The number of aromatic nitrogens is 1. The average Bonchev–Trinajstić information content (AvgIpc) is 2.45. The highest BCUT2D eigenvalue weighted by molar-refractivity contribution is 9.10. The number of aryl methyl sites for hydroxylation is 1. The zero-order valence-corrected chi connectivity index (χ0v) is 12.3. The molecule has 1 heterocycles. The number of rotatable bonds is 4. The number of benzene rings is 1. The SMILES string of the molecule is Cc1ccnc(N(CCC#N)c2ccccc2)c1Br. The van der Waals surface area contributed by atoms with Gasteiger partial charge in [-0.3, -0.25) is 0 Å². The maximum absolute atomic E-state index is 8.82. The number of anilines is 2. The Morgan fingerprint density at radius 2 is 2.00 bits per heavy atom. The minimum atomic E-state index is 0.455. The summed E-state index contributed by atoms with van der Waals surface area (Å²) in [4.78, 5) is 6.49. The number of hydrogen-bond acceptors (Lipinski definition) is 3. The van der Waals surface area contributed by atoms with Crippen LogP contribution >= 0.6 is 15.9 Å². The Kier molecular flexibility index (Phi) is 4.53. The van der Waals surface area contributed by atoms with E-state index in [4.69, 9.17) is 5.26 Å². The molecule has 0 saturated heterocycles. The van der Waals surface area contributed by atoms with Crippen LogP contribution in [0.2, 0.25) is 0 Å². The maximum Gasteiger partial charge on any atom is 0.147 e. The minimum Gasteiger partial charge on any atom is -0.324 e. The first-order chi connectivity index (χ1) is 9.24. The van der Waals surface area contributed by atoms with E-state index in [0.717, 1.165) is 21.5 Å². The largest absolute Gasteiger partial charge is 0.324 e. The summed E-state index contributed by atoms with van der Waals surface area (Å²) in [5.41, 5.74) is 2.17. The number of para-hydroxylation sites is 1. The summed E-state index contributed by atoms with van der Waals surface area (Å²) in [6, 6.07) is 14.1. The second kappa shape index (κ2) is 6.35. The smallest absolute Gasteiger partial charge is 0.147 e. The lowest BCUT2D eigenvalue weighted by atomic mass is 10.2. The first-order valence-corrected chi connectivity index (χ1v) is 6.84. The van der Waals surface area contributed by atoms with Gasteiger partial charge in [-0.1, -0.05) is 18.2 Å². The molecule has 0 aliphatic heterocycles. The zero-order chi connectivity index (χ0) is 13.7. The lowest BCUT2D eigenvalue weighted by Crippen LogP contribution is -2.20. The van der Waals surface area contributed by atoms with Crippen molar-refractivity contribution in [2.24, 2.45) is 0 Å². The summed E-state index contributed by atoms with van der Waals surface area (Å²) in [6.07, 6.45) is 2.24. The van der Waals surface area contributed by atoms with Gasteiger partial charge in [0.2, 0.25) is 0 Å². The first kappa shape index (κ1) is 13.6. The molecule has 4 heteroatoms. The van der Waals surface area contributed by atoms with Crippen LogP contribution in [-0.2, 0) is 0 Å². The highest BCUT2D eigenvalue weighted by Gasteiger charge is 2.14. The number of halogens is 1. The number of hydrogen-bond donors (Lipinski definition) is 0. The van der Waals surface area contributed by atoms with Gasteiger partial charge in [0.25, 0.3) is 0 Å². The van der Waals surface area contributed by atoms with Crippen LogP contribution in [0.3, 0.4) is 0 Å². The van der Waals surface area contributed by atoms with E-state index in [1.54, 1.807) is 6.20 Å².